The topological polar surface area (TPSA) is 120 Å². The zero-order valence-electron chi connectivity index (χ0n) is 19.3. The van der Waals surface area contributed by atoms with Crippen LogP contribution in [0.15, 0.2) is 71.1 Å². The van der Waals surface area contributed by atoms with Crippen LogP contribution in [-0.4, -0.2) is 55.1 Å². The molecule has 1 fully saturated rings. The summed E-state index contributed by atoms with van der Waals surface area (Å²) in [5.74, 6) is -0.0511. The maximum absolute atomic E-state index is 12.3. The summed E-state index contributed by atoms with van der Waals surface area (Å²) in [5.41, 5.74) is 6.48. The molecule has 5 aromatic rings. The van der Waals surface area contributed by atoms with E-state index in [0.717, 1.165) is 37.2 Å². The lowest BCUT2D eigenvalue weighted by Crippen LogP contribution is -2.36. The van der Waals surface area contributed by atoms with Gasteiger partial charge in [-0.1, -0.05) is 54.6 Å². The first-order chi connectivity index (χ1) is 17.6. The third-order valence-electron chi connectivity index (χ3n) is 6.35. The van der Waals surface area contributed by atoms with E-state index in [1.165, 1.54) is 16.9 Å². The number of thiazole rings is 1. The molecule has 0 spiro atoms. The molecule has 180 valence electrons. The summed E-state index contributed by atoms with van der Waals surface area (Å²) >= 11 is 1.35. The van der Waals surface area contributed by atoms with Gasteiger partial charge in [0, 0.05) is 36.8 Å². The molecule has 0 bridgehead atoms. The van der Waals surface area contributed by atoms with E-state index in [1.54, 1.807) is 11.7 Å². The molecule has 1 saturated heterocycles. The fourth-order valence-electron chi connectivity index (χ4n) is 4.56. The summed E-state index contributed by atoms with van der Waals surface area (Å²) in [6.07, 6.45) is 2.53. The van der Waals surface area contributed by atoms with Gasteiger partial charge in [-0.2, -0.15) is 0 Å². The molecule has 2 aromatic carbocycles. The Hall–Kier alpha value is -4.15. The lowest BCUT2D eigenvalue weighted by Gasteiger charge is -2.17. The van der Waals surface area contributed by atoms with E-state index >= 15 is 0 Å². The molecule has 9 nitrogen and oxygen atoms in total. The Bertz CT molecular complexity index is 1560. The summed E-state index contributed by atoms with van der Waals surface area (Å²) < 4.78 is 0. The minimum atomic E-state index is -0.288. The van der Waals surface area contributed by atoms with Crippen molar-refractivity contribution in [1.82, 2.24) is 35.4 Å². The molecule has 10 heteroatoms. The number of benzene rings is 2. The number of aromatic nitrogens is 5. The Morgan fingerprint density at radius 2 is 1.81 bits per heavy atom. The van der Waals surface area contributed by atoms with Crippen molar-refractivity contribution in [3.63, 3.8) is 0 Å². The molecule has 0 aliphatic carbocycles. The summed E-state index contributed by atoms with van der Waals surface area (Å²) in [6.45, 7) is 2.54. The van der Waals surface area contributed by atoms with E-state index in [2.05, 4.69) is 42.5 Å². The second-order valence-corrected chi connectivity index (χ2v) is 9.71. The van der Waals surface area contributed by atoms with Crippen LogP contribution in [0.3, 0.4) is 0 Å². The number of nitrogens with zero attached hydrogens (tertiary/aromatic N) is 4. The first kappa shape index (κ1) is 22.3. The molecule has 6 rings (SSSR count). The molecule has 1 amide bonds. The predicted molar refractivity (Wildman–Crippen MR) is 139 cm³/mol. The van der Waals surface area contributed by atoms with Crippen molar-refractivity contribution in [3.05, 3.63) is 87.1 Å². The second kappa shape index (κ2) is 9.48. The van der Waals surface area contributed by atoms with Gasteiger partial charge >= 0.3 is 0 Å². The second-order valence-electron chi connectivity index (χ2n) is 8.82. The van der Waals surface area contributed by atoms with Gasteiger partial charge in [0.25, 0.3) is 11.5 Å². The molecule has 1 atom stereocenters. The van der Waals surface area contributed by atoms with Crippen molar-refractivity contribution in [2.75, 3.05) is 13.1 Å². The average molecular weight is 498 g/mol. The number of rotatable bonds is 6. The highest BCUT2D eigenvalue weighted by Crippen LogP contribution is 2.30. The number of hydrogen-bond donors (Lipinski definition) is 3. The Balaban J connectivity index is 1.20. The van der Waals surface area contributed by atoms with Crippen LogP contribution in [0.5, 0.6) is 0 Å². The fourth-order valence-corrected chi connectivity index (χ4v) is 5.08. The van der Waals surface area contributed by atoms with Crippen LogP contribution in [-0.2, 0) is 6.54 Å². The third-order valence-corrected chi connectivity index (χ3v) is 7.12. The van der Waals surface area contributed by atoms with E-state index in [0.29, 0.717) is 27.4 Å². The lowest BCUT2D eigenvalue weighted by molar-refractivity contribution is 0.0941. The Labute approximate surface area is 210 Å². The number of likely N-dealkylation sites (tertiary alicyclic amines) is 1. The Morgan fingerprint density at radius 1 is 1.03 bits per heavy atom. The molecule has 4 heterocycles. The summed E-state index contributed by atoms with van der Waals surface area (Å²) in [5, 5.41) is 8.49. The SMILES string of the molecule is O=C(NC1CCN(Cc2ccc(-c3nc4[nH][nH]c(=O)c4nc3-c3ccccc3)cc2)C1)c1cncs1. The molecular weight excluding hydrogens is 474 g/mol. The van der Waals surface area contributed by atoms with Crippen LogP contribution < -0.4 is 10.9 Å². The standard InChI is InChI=1S/C26H23N7O2S/c34-25(20-12-27-15-36-20)28-19-10-11-33(14-19)13-16-6-8-18(9-7-16)22-21(17-4-2-1-3-5-17)29-23-24(30-22)31-32-26(23)35/h1-9,12,15,19H,10-11,13-14H2,(H,28,34)(H2,30,31,32,35). The number of aromatic amines is 2. The maximum atomic E-state index is 12.3. The molecule has 1 aliphatic rings. The van der Waals surface area contributed by atoms with Crippen LogP contribution in [0.25, 0.3) is 33.7 Å². The van der Waals surface area contributed by atoms with E-state index in [1.807, 2.05) is 42.5 Å². The Kier molecular flexibility index (Phi) is 5.88. The molecule has 36 heavy (non-hydrogen) atoms. The van der Waals surface area contributed by atoms with Crippen molar-refractivity contribution >= 4 is 28.4 Å². The number of H-pyrrole nitrogens is 2. The van der Waals surface area contributed by atoms with Gasteiger partial charge in [0.05, 0.1) is 23.1 Å². The van der Waals surface area contributed by atoms with Gasteiger partial charge in [-0.3, -0.25) is 29.7 Å². The smallest absolute Gasteiger partial charge is 0.292 e. The quantitative estimate of drug-likeness (QED) is 0.331. The van der Waals surface area contributed by atoms with Crippen molar-refractivity contribution in [3.8, 4) is 22.5 Å². The van der Waals surface area contributed by atoms with Crippen LogP contribution in [0, 0.1) is 0 Å². The molecular formula is C26H23N7O2S. The third kappa shape index (κ3) is 4.43. The first-order valence-corrected chi connectivity index (χ1v) is 12.6. The highest BCUT2D eigenvalue weighted by molar-refractivity contribution is 7.11. The number of nitrogens with one attached hydrogen (secondary N) is 3. The van der Waals surface area contributed by atoms with E-state index in [9.17, 15) is 9.59 Å². The monoisotopic (exact) mass is 497 g/mol. The molecule has 3 N–H and O–H groups in total. The largest absolute Gasteiger partial charge is 0.347 e. The van der Waals surface area contributed by atoms with Crippen molar-refractivity contribution in [2.45, 2.75) is 19.0 Å². The molecule has 3 aromatic heterocycles. The summed E-state index contributed by atoms with van der Waals surface area (Å²) in [6, 6.07) is 18.2. The lowest BCUT2D eigenvalue weighted by atomic mass is 10.0. The van der Waals surface area contributed by atoms with Crippen molar-refractivity contribution in [1.29, 1.82) is 0 Å². The number of amides is 1. The number of hydrogen-bond acceptors (Lipinski definition) is 7. The predicted octanol–water partition coefficient (Wildman–Crippen LogP) is 3.44. The number of carbonyl (C=O) groups excluding carboxylic acids is 1. The van der Waals surface area contributed by atoms with Crippen LogP contribution >= 0.6 is 11.3 Å². The van der Waals surface area contributed by atoms with Gasteiger partial charge in [-0.15, -0.1) is 11.3 Å². The van der Waals surface area contributed by atoms with Crippen LogP contribution in [0.1, 0.15) is 21.7 Å². The minimum Gasteiger partial charge on any atom is -0.347 e. The molecule has 0 saturated carbocycles. The Morgan fingerprint density at radius 3 is 2.58 bits per heavy atom. The van der Waals surface area contributed by atoms with Crippen LogP contribution in [0.2, 0.25) is 0 Å². The fraction of sp³-hybridized carbons (Fsp3) is 0.192. The number of fused-ring (bicyclic) bond motifs is 1. The van der Waals surface area contributed by atoms with Crippen molar-refractivity contribution in [2.24, 2.45) is 0 Å². The van der Waals surface area contributed by atoms with Gasteiger partial charge in [0.1, 0.15) is 4.88 Å². The summed E-state index contributed by atoms with van der Waals surface area (Å²) in [4.78, 5) is 40.8. The molecule has 1 unspecified atom stereocenters. The number of carbonyl (C=O) groups is 1. The van der Waals surface area contributed by atoms with E-state index < -0.39 is 0 Å². The maximum Gasteiger partial charge on any atom is 0.292 e. The van der Waals surface area contributed by atoms with Gasteiger partial charge in [-0.05, 0) is 12.0 Å². The minimum absolute atomic E-state index is 0.0511. The van der Waals surface area contributed by atoms with Gasteiger partial charge in [0.2, 0.25) is 0 Å². The van der Waals surface area contributed by atoms with Gasteiger partial charge < -0.3 is 5.32 Å². The normalized spacial score (nSPS) is 15.9. The van der Waals surface area contributed by atoms with Gasteiger partial charge in [-0.25, -0.2) is 9.97 Å². The van der Waals surface area contributed by atoms with Crippen molar-refractivity contribution < 1.29 is 4.79 Å². The summed E-state index contributed by atoms with van der Waals surface area (Å²) in [7, 11) is 0. The van der Waals surface area contributed by atoms with E-state index in [-0.39, 0.29) is 17.5 Å². The van der Waals surface area contributed by atoms with Crippen LogP contribution in [0.4, 0.5) is 0 Å². The van der Waals surface area contributed by atoms with Gasteiger partial charge in [0.15, 0.2) is 11.2 Å². The average Bonchev–Trinajstić information content (AvgIpc) is 3.67. The highest BCUT2D eigenvalue weighted by atomic mass is 32.1. The zero-order valence-corrected chi connectivity index (χ0v) is 20.1. The molecule has 1 aliphatic heterocycles. The molecule has 0 radical (unpaired) electrons. The first-order valence-electron chi connectivity index (χ1n) is 11.7. The zero-order chi connectivity index (χ0) is 24.5. The van der Waals surface area contributed by atoms with E-state index in [4.69, 9.17) is 4.98 Å². The highest BCUT2D eigenvalue weighted by Gasteiger charge is 2.25.